The van der Waals surface area contributed by atoms with Gasteiger partial charge in [-0.2, -0.15) is 62.3 Å². The topological polar surface area (TPSA) is 520 Å². The summed E-state index contributed by atoms with van der Waals surface area (Å²) in [6.07, 6.45) is 0.294. The molecule has 129 heavy (non-hydrogen) atoms. The first-order valence-electron chi connectivity index (χ1n) is 40.0. The number of anilines is 7. The fourth-order valence-electron chi connectivity index (χ4n) is 14.7. The zero-order valence-electron chi connectivity index (χ0n) is 70.0. The molecule has 42 heteroatoms. The van der Waals surface area contributed by atoms with E-state index < -0.39 is 95.4 Å². The number of H-pyrrole nitrogens is 1. The van der Waals surface area contributed by atoms with Crippen LogP contribution in [0.25, 0.3) is 11.0 Å². The predicted octanol–water partition coefficient (Wildman–Crippen LogP) is 18.7. The van der Waals surface area contributed by atoms with Gasteiger partial charge >= 0.3 is 18.0 Å². The maximum absolute atomic E-state index is 13.2. The largest absolute Gasteiger partial charge is 0.403 e. The van der Waals surface area contributed by atoms with Crippen molar-refractivity contribution in [1.29, 1.82) is 31.6 Å². The number of halogens is 11. The lowest BCUT2D eigenvalue weighted by molar-refractivity contribution is -0.387. The third-order valence-corrected chi connectivity index (χ3v) is 23.5. The Hall–Kier alpha value is -13.1. The molecule has 4 saturated heterocycles. The second-order valence-electron chi connectivity index (χ2n) is 31.5. The van der Waals surface area contributed by atoms with Crippen LogP contribution in [0, 0.1) is 150 Å². The molecule has 6 fully saturated rings. The van der Waals surface area contributed by atoms with Crippen LogP contribution in [0.4, 0.5) is 96.4 Å². The molecule has 2 aliphatic carbocycles. The smallest absolute Gasteiger partial charge is 0.397 e. The number of fused-ring (bicyclic) bond motifs is 1. The quantitative estimate of drug-likeness (QED) is 0.0115. The van der Waals surface area contributed by atoms with Crippen LogP contribution in [0.15, 0.2) is 102 Å². The maximum Gasteiger partial charge on any atom is 0.403 e. The molecular formula is C87H97Cl2F9N22O8S. The third-order valence-electron chi connectivity index (χ3n) is 22.0. The van der Waals surface area contributed by atoms with Crippen LogP contribution in [0.1, 0.15) is 163 Å². The summed E-state index contributed by atoms with van der Waals surface area (Å²) in [6.45, 7) is 16.8. The molecule has 0 spiro atoms. The van der Waals surface area contributed by atoms with E-state index in [-0.39, 0.29) is 69.3 Å². The Morgan fingerprint density at radius 1 is 0.550 bits per heavy atom. The van der Waals surface area contributed by atoms with E-state index in [4.69, 9.17) is 66.9 Å². The zero-order chi connectivity index (χ0) is 93.6. The Labute approximate surface area is 752 Å². The lowest BCUT2D eigenvalue weighted by Gasteiger charge is -2.33. The number of nitro benzene ring substituents is 3. The number of aromatic nitrogens is 2. The van der Waals surface area contributed by atoms with Crippen molar-refractivity contribution in [2.24, 2.45) is 34.5 Å². The molecular weight excluding hydrogens is 1760 g/mol. The summed E-state index contributed by atoms with van der Waals surface area (Å²) < 4.78 is 116. The highest BCUT2D eigenvalue weighted by atomic mass is 35.5. The maximum atomic E-state index is 13.2. The van der Waals surface area contributed by atoms with Gasteiger partial charge in [0.05, 0.1) is 53.7 Å². The van der Waals surface area contributed by atoms with Crippen molar-refractivity contribution in [3.05, 3.63) is 205 Å². The van der Waals surface area contributed by atoms with Crippen LogP contribution < -0.4 is 59.7 Å². The van der Waals surface area contributed by atoms with Gasteiger partial charge < -0.3 is 64.7 Å². The number of imidazole rings is 1. The summed E-state index contributed by atoms with van der Waals surface area (Å²) in [5.74, 6) is -2.07. The van der Waals surface area contributed by atoms with Crippen molar-refractivity contribution in [1.82, 2.24) is 32.1 Å². The number of piperidine rings is 4. The molecule has 4 unspecified atom stereocenters. The summed E-state index contributed by atoms with van der Waals surface area (Å²) in [5, 5.41) is 95.7. The van der Waals surface area contributed by atoms with Crippen molar-refractivity contribution in [2.45, 2.75) is 149 Å². The molecule has 6 aliphatic rings. The molecule has 7 aromatic carbocycles. The number of carbonyl (C=O) groups excluding carboxylic acids is 2. The van der Waals surface area contributed by atoms with Gasteiger partial charge in [-0.3, -0.25) is 39.9 Å². The number of carbonyl (C=O) groups is 2. The zero-order valence-corrected chi connectivity index (χ0v) is 72.3. The number of alkyl halides is 6. The number of rotatable bonds is 15. The fraction of sp³-hybridized carbons (Fsp3) is 0.414. The Bertz CT molecular complexity index is 5580. The summed E-state index contributed by atoms with van der Waals surface area (Å²) >= 11 is 13.1. The van der Waals surface area contributed by atoms with E-state index >= 15 is 0 Å². The first kappa shape index (κ1) is 105. The first-order valence-corrected chi connectivity index (χ1v) is 41.6. The SMILES string of the molecule is C.CC1CCCN(c2ccc(N)c(N)c2C#N)C1.CC1CCCN(c2ccc([N+](=O)[O-])c(N)c2C#N)C1.CC1CCCN(c2ccc3[nH]c(Cc4cc(CNC(=O)C5(C(F)(F)F)CC5)ccc4Cl)nc3c2C#N)C1.CC1CCCNC1.N.N#CSc1cc(CNC(=O)C2(C(F)(F)F)CC2)ccc1Cl.N#Cc1c(F)ccc([N+](=O)[O-])c1F.N#Cc1c(F)ccc([N+](=O)[O-])c1N. The average Bonchev–Trinajstić information content (AvgIpc) is 1.59. The van der Waals surface area contributed by atoms with Gasteiger partial charge in [0, 0.05) is 86.9 Å². The number of thiocyanates is 1. The number of nitrogens with zero attached hydrogens (tertiary/aromatic N) is 13. The number of nitrogens with two attached hydrogens (primary N) is 4. The van der Waals surface area contributed by atoms with E-state index in [9.17, 15) is 95.2 Å². The molecule has 14 rings (SSSR count). The van der Waals surface area contributed by atoms with Gasteiger partial charge in [0.15, 0.2) is 0 Å². The summed E-state index contributed by atoms with van der Waals surface area (Å²) in [7, 11) is 0. The molecule has 1 aromatic heterocycles. The summed E-state index contributed by atoms with van der Waals surface area (Å²) in [4.78, 5) is 67.9. The minimum Gasteiger partial charge on any atom is -0.397 e. The molecule has 8 aromatic rings. The van der Waals surface area contributed by atoms with E-state index in [2.05, 4.69) is 75.5 Å². The Morgan fingerprint density at radius 2 is 0.961 bits per heavy atom. The van der Waals surface area contributed by atoms with Crippen molar-refractivity contribution < 1.29 is 63.9 Å². The summed E-state index contributed by atoms with van der Waals surface area (Å²) in [6, 6.07) is 32.7. The van der Waals surface area contributed by atoms with E-state index in [1.54, 1.807) is 48.5 Å². The number of aromatic amines is 1. The molecule has 4 aliphatic heterocycles. The second-order valence-corrected chi connectivity index (χ2v) is 33.1. The standard InChI is InChI=1S/C27H27ClF3N5O.C13H10ClF3N2OS.C13H16N4O2.C13H18N4.C7H2F2N2O2.C7H4FN3O2.C6H13N.CH4.H3N/c1-16-3-2-10-36(15-16)22-7-6-21-24(19(22)13-32)35-23(34-21)12-18-11-17(4-5-20(18)28)14-33-25(37)26(8-9-26)27(29,30)31;14-9-2-1-8(5-10(9)21-7-18)6-19-11(20)12(3-4-12)13(15,16)17;1-9-3-2-6-16(8-9)11-4-5-12(17(18)19)13(15)10(11)7-14;1-9-3-2-6-17(8-9)12-5-4-11(15)13(16)10(12)7-14;8-5-1-2-6(11(12)13)7(9)4(5)3-10;8-5-1-2-6(11(12)13)7(10)4(5)3-9;1-6-3-2-4-7-5-6;;/h4-7,11,16H,2-3,8-10,12,14-15H2,1H3,(H,33,37)(H,34,35);1-2,5H,3-4,6H2,(H,19,20);4-5,9H,2-3,6,8,15H2,1H3;4-5,9H,2-3,6,8,15-16H2,1H3;1-2H;1-2H,10H2;6-7H,2-5H2,1H3;1H4;1H3. The number of hydrogen-bond acceptors (Lipinski definition) is 25. The molecule has 686 valence electrons. The number of nitriles is 6. The van der Waals surface area contributed by atoms with Gasteiger partial charge in [-0.05, 0) is 203 Å². The second kappa shape index (κ2) is 46.6. The number of amides is 2. The van der Waals surface area contributed by atoms with Gasteiger partial charge in [0.2, 0.25) is 17.6 Å². The van der Waals surface area contributed by atoms with E-state index in [0.717, 1.165) is 105 Å². The van der Waals surface area contributed by atoms with E-state index in [1.165, 1.54) is 63.4 Å². The van der Waals surface area contributed by atoms with Crippen LogP contribution >= 0.6 is 35.0 Å². The highest BCUT2D eigenvalue weighted by molar-refractivity contribution is 8.03. The van der Waals surface area contributed by atoms with E-state index in [1.807, 2.05) is 29.7 Å². The normalized spacial score (nSPS) is 17.2. The van der Waals surface area contributed by atoms with Crippen LogP contribution in [0.3, 0.4) is 0 Å². The first-order chi connectivity index (χ1) is 60.1. The van der Waals surface area contributed by atoms with Crippen molar-refractivity contribution in [3.63, 3.8) is 0 Å². The minimum absolute atomic E-state index is 0. The van der Waals surface area contributed by atoms with Crippen molar-refractivity contribution in [2.75, 3.05) is 90.0 Å². The lowest BCUT2D eigenvalue weighted by Crippen LogP contribution is -2.40. The molecule has 0 bridgehead atoms. The van der Waals surface area contributed by atoms with Crippen molar-refractivity contribution >= 4 is 115 Å². The minimum atomic E-state index is -4.54. The van der Waals surface area contributed by atoms with Crippen LogP contribution in [0.2, 0.25) is 10.0 Å². The van der Waals surface area contributed by atoms with E-state index in [0.29, 0.717) is 107 Å². The van der Waals surface area contributed by atoms with Crippen molar-refractivity contribution in [3.8, 4) is 35.7 Å². The molecule has 0 radical (unpaired) electrons. The summed E-state index contributed by atoms with van der Waals surface area (Å²) in [5.41, 5.74) is 22.6. The lowest BCUT2D eigenvalue weighted by atomic mass is 9.98. The number of hydrogen-bond donors (Lipinski definition) is 9. The van der Waals surface area contributed by atoms with Crippen LogP contribution in [0.5, 0.6) is 0 Å². The molecule has 4 atom stereocenters. The molecule has 30 nitrogen and oxygen atoms in total. The van der Waals surface area contributed by atoms with Gasteiger partial charge in [-0.1, -0.05) is 76.5 Å². The van der Waals surface area contributed by atoms with Gasteiger partial charge in [-0.25, -0.2) is 13.8 Å². The molecule has 15 N–H and O–H groups in total. The Morgan fingerprint density at radius 3 is 1.38 bits per heavy atom. The van der Waals surface area contributed by atoms with Gasteiger partial charge in [0.25, 0.3) is 11.4 Å². The fourth-order valence-corrected chi connectivity index (χ4v) is 15.6. The number of nitrogen functional groups attached to an aromatic ring is 4. The highest BCUT2D eigenvalue weighted by Gasteiger charge is 2.69. The average molecular weight is 1850 g/mol. The van der Waals surface area contributed by atoms with Gasteiger partial charge in [-0.15, -0.1) is 0 Å². The number of benzene rings is 7. The Kier molecular flexibility index (Phi) is 37.8. The number of nitro groups is 3. The molecule has 2 amide bonds. The number of thioether (sulfide) groups is 1. The van der Waals surface area contributed by atoms with Crippen LogP contribution in [-0.2, 0) is 29.1 Å². The Balaban J connectivity index is 0.000000244. The monoisotopic (exact) mass is 1850 g/mol. The number of nitrogens with one attached hydrogen (secondary N) is 4. The third kappa shape index (κ3) is 26.5. The van der Waals surface area contributed by atoms with Crippen LogP contribution in [-0.4, -0.2) is 101 Å². The van der Waals surface area contributed by atoms with Gasteiger partial charge in [0.1, 0.15) is 109 Å². The molecule has 2 saturated carbocycles. The highest BCUT2D eigenvalue weighted by Crippen LogP contribution is 2.59. The predicted molar refractivity (Wildman–Crippen MR) is 474 cm³/mol. The molecule has 5 heterocycles.